The second kappa shape index (κ2) is 8.53. The van der Waals surface area contributed by atoms with Gasteiger partial charge in [0.2, 0.25) is 0 Å². The largest absolute Gasteiger partial charge is 0.507 e. The Hall–Kier alpha value is -0.0794. The number of carbonyl (C=O) groups is 1. The highest BCUT2D eigenvalue weighted by Gasteiger charge is 2.30. The van der Waals surface area contributed by atoms with E-state index in [1.54, 1.807) is 6.92 Å². The van der Waals surface area contributed by atoms with Crippen molar-refractivity contribution < 1.29 is 14.3 Å². The van der Waals surface area contributed by atoms with Crippen LogP contribution < -0.4 is 0 Å². The third kappa shape index (κ3) is 12.2. The predicted molar refractivity (Wildman–Crippen MR) is 101 cm³/mol. The lowest BCUT2D eigenvalue weighted by atomic mass is 10.9. The van der Waals surface area contributed by atoms with E-state index in [-0.39, 0.29) is 0 Å². The van der Waals surface area contributed by atoms with Crippen molar-refractivity contribution in [3.05, 3.63) is 0 Å². The van der Waals surface area contributed by atoms with E-state index in [1.807, 2.05) is 0 Å². The Balaban J connectivity index is 4.18. The Morgan fingerprint density at radius 1 is 0.762 bits per heavy atom. The van der Waals surface area contributed by atoms with Crippen molar-refractivity contribution in [1.29, 1.82) is 0 Å². The molecule has 0 radical (unpaired) electrons. The first-order valence-corrected chi connectivity index (χ1v) is 18.7. The topological polar surface area (TPSA) is 35.5 Å². The number of hydrogen-bond donors (Lipinski definition) is 0. The summed E-state index contributed by atoms with van der Waals surface area (Å²) >= 11 is 0. The van der Waals surface area contributed by atoms with Crippen LogP contribution in [0.1, 0.15) is 6.92 Å². The van der Waals surface area contributed by atoms with Gasteiger partial charge < -0.3 is 9.47 Å². The molecule has 0 rings (SSSR count). The molecule has 0 aliphatic rings. The fraction of sp³-hybridized carbons (Fsp3) is 0.933. The van der Waals surface area contributed by atoms with E-state index >= 15 is 0 Å². The molecule has 3 nitrogen and oxygen atoms in total. The first-order valence-electron chi connectivity index (χ1n) is 8.16. The predicted octanol–water partition coefficient (Wildman–Crippen LogP) is 5.45. The van der Waals surface area contributed by atoms with E-state index in [9.17, 15) is 4.79 Å². The molecule has 0 saturated heterocycles. The first-order chi connectivity index (χ1) is 9.37. The smallest absolute Gasteiger partial charge is 0.438 e. The Labute approximate surface area is 134 Å². The van der Waals surface area contributed by atoms with Gasteiger partial charge in [-0.2, -0.15) is 0 Å². The minimum atomic E-state index is -1.46. The van der Waals surface area contributed by atoms with Crippen molar-refractivity contribution in [2.45, 2.75) is 76.9 Å². The van der Waals surface area contributed by atoms with Gasteiger partial charge in [0.25, 0.3) is 0 Å². The zero-order chi connectivity index (χ0) is 16.7. The van der Waals surface area contributed by atoms with E-state index in [2.05, 4.69) is 45.8 Å². The number of rotatable bonds is 9. The van der Waals surface area contributed by atoms with E-state index in [0.717, 1.165) is 0 Å². The van der Waals surface area contributed by atoms with Crippen molar-refractivity contribution in [3.63, 3.8) is 0 Å². The highest BCUT2D eigenvalue weighted by Crippen LogP contribution is 2.27. The molecule has 0 aromatic carbocycles. The summed E-state index contributed by atoms with van der Waals surface area (Å²) in [5, 5.41) is 0. The van der Waals surface area contributed by atoms with Crippen LogP contribution in [-0.4, -0.2) is 43.2 Å². The van der Waals surface area contributed by atoms with Crippen LogP contribution in [0, 0.1) is 0 Å². The molecule has 21 heavy (non-hydrogen) atoms. The molecular formula is C15H36O3Si3. The van der Waals surface area contributed by atoms with Crippen molar-refractivity contribution >= 4 is 30.4 Å². The quantitative estimate of drug-likeness (QED) is 0.410. The molecule has 0 aliphatic heterocycles. The molecule has 126 valence electrons. The second-order valence-electron chi connectivity index (χ2n) is 8.86. The monoisotopic (exact) mass is 348 g/mol. The molecule has 0 fully saturated rings. The molecule has 0 aromatic heterocycles. The van der Waals surface area contributed by atoms with Gasteiger partial charge in [0.15, 0.2) is 0 Å². The summed E-state index contributed by atoms with van der Waals surface area (Å²) in [5.41, 5.74) is 0. The molecule has 0 spiro atoms. The molecule has 0 bridgehead atoms. The summed E-state index contributed by atoms with van der Waals surface area (Å²) in [6, 6.07) is 5.53. The molecule has 0 heterocycles. The van der Waals surface area contributed by atoms with Crippen LogP contribution in [0.3, 0.4) is 0 Å². The Morgan fingerprint density at radius 3 is 1.71 bits per heavy atom. The number of ether oxygens (including phenoxy) is 2. The fourth-order valence-corrected chi connectivity index (χ4v) is 14.0. The Morgan fingerprint density at radius 2 is 1.24 bits per heavy atom. The van der Waals surface area contributed by atoms with Gasteiger partial charge in [-0.05, 0) is 6.92 Å². The summed E-state index contributed by atoms with van der Waals surface area (Å²) < 4.78 is 10.1. The van der Waals surface area contributed by atoms with E-state index in [0.29, 0.717) is 12.8 Å². The number of carbonyl (C=O) groups excluding carboxylic acids is 1. The average molecular weight is 349 g/mol. The third-order valence-corrected chi connectivity index (χ3v) is 12.4. The van der Waals surface area contributed by atoms with Gasteiger partial charge in [0, 0.05) is 16.1 Å². The summed E-state index contributed by atoms with van der Waals surface area (Å²) in [6.45, 7) is 19.2. The maximum atomic E-state index is 11.3. The standard InChI is InChI=1S/C15H36O3Si3/c1-9-17-15(16)18-14-21(7,8)13-12-20(5,6)11-10-19(2,3)4/h9-14H2,1-8H3. The van der Waals surface area contributed by atoms with Crippen molar-refractivity contribution in [2.24, 2.45) is 0 Å². The van der Waals surface area contributed by atoms with Crippen LogP contribution in [0.15, 0.2) is 0 Å². The lowest BCUT2D eigenvalue weighted by molar-refractivity contribution is 0.0702. The van der Waals surface area contributed by atoms with Crippen molar-refractivity contribution in [2.75, 3.05) is 12.8 Å². The summed E-state index contributed by atoms with van der Waals surface area (Å²) in [4.78, 5) is 11.3. The van der Waals surface area contributed by atoms with E-state index in [1.165, 1.54) is 24.2 Å². The van der Waals surface area contributed by atoms with E-state index in [4.69, 9.17) is 9.47 Å². The maximum absolute atomic E-state index is 11.3. The zero-order valence-electron chi connectivity index (χ0n) is 15.5. The average Bonchev–Trinajstić information content (AvgIpc) is 2.32. The van der Waals surface area contributed by atoms with Crippen LogP contribution >= 0.6 is 0 Å². The molecule has 6 heteroatoms. The van der Waals surface area contributed by atoms with Crippen LogP contribution in [0.25, 0.3) is 0 Å². The highest BCUT2D eigenvalue weighted by molar-refractivity contribution is 6.84. The van der Waals surface area contributed by atoms with Crippen LogP contribution in [0.4, 0.5) is 4.79 Å². The summed E-state index contributed by atoms with van der Waals surface area (Å²) in [6.07, 6.45) is 0.0814. The van der Waals surface area contributed by atoms with Gasteiger partial charge in [-0.3, -0.25) is 0 Å². The SMILES string of the molecule is CCOC(=O)OC[Si](C)(C)CC[Si](C)(C)CC[Si](C)(C)C. The minimum Gasteiger partial charge on any atom is -0.438 e. The lowest BCUT2D eigenvalue weighted by Gasteiger charge is -2.30. The molecule has 0 atom stereocenters. The summed E-state index contributed by atoms with van der Waals surface area (Å²) in [7, 11) is -3.47. The summed E-state index contributed by atoms with van der Waals surface area (Å²) in [5.74, 6) is 0. The van der Waals surface area contributed by atoms with Crippen LogP contribution in [0.5, 0.6) is 0 Å². The zero-order valence-corrected chi connectivity index (χ0v) is 18.5. The molecule has 0 unspecified atom stereocenters. The van der Waals surface area contributed by atoms with Crippen LogP contribution in [-0.2, 0) is 9.47 Å². The van der Waals surface area contributed by atoms with E-state index < -0.39 is 30.4 Å². The molecule has 0 amide bonds. The lowest BCUT2D eigenvalue weighted by Crippen LogP contribution is -2.38. The van der Waals surface area contributed by atoms with Gasteiger partial charge in [-0.1, -0.05) is 70.0 Å². The Kier molecular flexibility index (Phi) is 8.49. The van der Waals surface area contributed by atoms with Crippen LogP contribution in [0.2, 0.25) is 70.0 Å². The molecule has 0 N–H and O–H groups in total. The minimum absolute atomic E-state index is 0.386. The highest BCUT2D eigenvalue weighted by atomic mass is 28.3. The molecule has 0 aromatic rings. The fourth-order valence-electron chi connectivity index (χ4n) is 2.00. The number of hydrogen-bond acceptors (Lipinski definition) is 3. The van der Waals surface area contributed by atoms with Gasteiger partial charge in [-0.25, -0.2) is 4.79 Å². The van der Waals surface area contributed by atoms with Gasteiger partial charge in [0.05, 0.1) is 20.9 Å². The van der Waals surface area contributed by atoms with Crippen molar-refractivity contribution in [1.82, 2.24) is 0 Å². The Bertz CT molecular complexity index is 323. The molecule has 0 aliphatic carbocycles. The molecular weight excluding hydrogens is 312 g/mol. The third-order valence-electron chi connectivity index (χ3n) is 3.87. The van der Waals surface area contributed by atoms with Gasteiger partial charge in [-0.15, -0.1) is 0 Å². The van der Waals surface area contributed by atoms with Gasteiger partial charge >= 0.3 is 6.16 Å². The first kappa shape index (κ1) is 20.9. The second-order valence-corrected chi connectivity index (χ2v) is 24.9. The maximum Gasteiger partial charge on any atom is 0.507 e. The van der Waals surface area contributed by atoms with Crippen molar-refractivity contribution in [3.8, 4) is 0 Å². The van der Waals surface area contributed by atoms with Gasteiger partial charge in [0.1, 0.15) is 0 Å². The molecule has 0 saturated carbocycles. The normalized spacial score (nSPS) is 13.1.